The SMILES string of the molecule is CN(C)S(=O)(=O)N1CCN(C(=O)C[C@@H]2CC/C=C/C[C@H]3CC[C@H]3CN3C[C@@]4(CCCc5cc(Cl)c(O)cc54)COc4ccc(cc43)C(=O)NS2(=O)=O)CC1. The van der Waals surface area contributed by atoms with Gasteiger partial charge >= 0.3 is 0 Å². The quantitative estimate of drug-likeness (QED) is 0.436. The van der Waals surface area contributed by atoms with Crippen molar-refractivity contribution in [2.75, 3.05) is 64.9 Å². The predicted molar refractivity (Wildman–Crippen MR) is 207 cm³/mol. The number of ether oxygens (including phenoxy) is 1. The summed E-state index contributed by atoms with van der Waals surface area (Å²) in [6, 6.07) is 8.65. The maximum Gasteiger partial charge on any atom is 0.281 e. The monoisotopic (exact) mass is 803 g/mol. The van der Waals surface area contributed by atoms with Crippen LogP contribution in [-0.4, -0.2) is 112 Å². The van der Waals surface area contributed by atoms with Gasteiger partial charge in [-0.25, -0.2) is 13.1 Å². The molecule has 1 saturated carbocycles. The Morgan fingerprint density at radius 1 is 1.07 bits per heavy atom. The number of benzene rings is 2. The highest BCUT2D eigenvalue weighted by atomic mass is 35.5. The van der Waals surface area contributed by atoms with Gasteiger partial charge in [0.1, 0.15) is 11.5 Å². The number of sulfonamides is 1. The number of halogens is 1. The zero-order chi connectivity index (χ0) is 38.4. The lowest BCUT2D eigenvalue weighted by atomic mass is 9.69. The molecule has 0 aromatic heterocycles. The molecule has 294 valence electrons. The molecule has 2 aliphatic carbocycles. The van der Waals surface area contributed by atoms with Crippen LogP contribution in [0.3, 0.4) is 0 Å². The molecule has 0 unspecified atom stereocenters. The fourth-order valence-corrected chi connectivity index (χ4v) is 11.4. The Morgan fingerprint density at radius 3 is 2.56 bits per heavy atom. The van der Waals surface area contributed by atoms with Crippen LogP contribution in [0.25, 0.3) is 0 Å². The third-order valence-corrected chi connectivity index (χ3v) is 16.1. The number of phenols is 1. The van der Waals surface area contributed by atoms with Gasteiger partial charge in [-0.2, -0.15) is 17.0 Å². The Morgan fingerprint density at radius 2 is 1.83 bits per heavy atom. The average Bonchev–Trinajstić information content (AvgIpc) is 3.27. The maximum atomic E-state index is 13.9. The number of anilines is 1. The summed E-state index contributed by atoms with van der Waals surface area (Å²) in [4.78, 5) is 31.1. The number of nitrogens with one attached hydrogen (secondary N) is 1. The fraction of sp³-hybridized carbons (Fsp3) is 0.579. The number of aryl methyl sites for hydroxylation is 1. The minimum atomic E-state index is -4.31. The summed E-state index contributed by atoms with van der Waals surface area (Å²) in [6.45, 7) is 2.21. The van der Waals surface area contributed by atoms with Gasteiger partial charge in [-0.05, 0) is 105 Å². The number of fused-ring (bicyclic) bond motifs is 4. The van der Waals surface area contributed by atoms with E-state index in [0.717, 1.165) is 66.2 Å². The second kappa shape index (κ2) is 15.3. The third-order valence-electron chi connectivity index (χ3n) is 12.2. The van der Waals surface area contributed by atoms with Crippen molar-refractivity contribution in [3.8, 4) is 11.5 Å². The van der Waals surface area contributed by atoms with Crippen molar-refractivity contribution < 1.29 is 36.3 Å². The van der Waals surface area contributed by atoms with E-state index in [-0.39, 0.29) is 50.3 Å². The predicted octanol–water partition coefficient (Wildman–Crippen LogP) is 4.05. The van der Waals surface area contributed by atoms with Crippen LogP contribution in [0.4, 0.5) is 5.69 Å². The first-order chi connectivity index (χ1) is 25.7. The van der Waals surface area contributed by atoms with Gasteiger partial charge in [0.2, 0.25) is 15.9 Å². The molecule has 2 N–H and O–H groups in total. The smallest absolute Gasteiger partial charge is 0.281 e. The van der Waals surface area contributed by atoms with Gasteiger partial charge in [-0.1, -0.05) is 23.8 Å². The van der Waals surface area contributed by atoms with E-state index in [2.05, 4.69) is 15.7 Å². The second-order valence-corrected chi connectivity index (χ2v) is 20.2. The molecule has 2 bridgehead atoms. The van der Waals surface area contributed by atoms with E-state index >= 15 is 0 Å². The number of nitrogens with zero attached hydrogens (tertiary/aromatic N) is 4. The van der Waals surface area contributed by atoms with E-state index in [1.54, 1.807) is 24.3 Å². The highest BCUT2D eigenvalue weighted by Gasteiger charge is 2.44. The first-order valence-electron chi connectivity index (χ1n) is 18.9. The van der Waals surface area contributed by atoms with E-state index in [1.165, 1.54) is 23.3 Å². The van der Waals surface area contributed by atoms with Crippen molar-refractivity contribution in [1.29, 1.82) is 0 Å². The van der Waals surface area contributed by atoms with E-state index < -0.39 is 42.7 Å². The number of amides is 2. The molecule has 7 rings (SSSR count). The molecule has 1 saturated heterocycles. The summed E-state index contributed by atoms with van der Waals surface area (Å²) >= 11 is 6.35. The number of piperazine rings is 1. The number of carbonyl (C=O) groups is 2. The van der Waals surface area contributed by atoms with Crippen molar-refractivity contribution in [3.05, 3.63) is 64.2 Å². The molecule has 1 spiro atoms. The highest BCUT2D eigenvalue weighted by molar-refractivity contribution is 7.90. The van der Waals surface area contributed by atoms with E-state index in [0.29, 0.717) is 42.2 Å². The number of rotatable bonds is 4. The first kappa shape index (κ1) is 38.9. The summed E-state index contributed by atoms with van der Waals surface area (Å²) < 4.78 is 64.3. The van der Waals surface area contributed by atoms with E-state index in [4.69, 9.17) is 16.3 Å². The van der Waals surface area contributed by atoms with Crippen LogP contribution in [0.2, 0.25) is 5.02 Å². The zero-order valence-electron chi connectivity index (χ0n) is 30.9. The van der Waals surface area contributed by atoms with Crippen molar-refractivity contribution in [2.24, 2.45) is 11.8 Å². The van der Waals surface area contributed by atoms with E-state index in [1.807, 2.05) is 12.1 Å². The number of carbonyl (C=O) groups excluding carboxylic acids is 2. The van der Waals surface area contributed by atoms with Gasteiger partial charge in [-0.15, -0.1) is 0 Å². The van der Waals surface area contributed by atoms with Gasteiger partial charge in [0.15, 0.2) is 0 Å². The lowest BCUT2D eigenvalue weighted by molar-refractivity contribution is -0.132. The molecule has 5 aliphatic rings. The molecule has 2 amide bonds. The Hall–Kier alpha value is -3.37. The Labute approximate surface area is 323 Å². The zero-order valence-corrected chi connectivity index (χ0v) is 33.3. The van der Waals surface area contributed by atoms with Crippen LogP contribution in [-0.2, 0) is 36.9 Å². The molecule has 13 nitrogen and oxygen atoms in total. The maximum absolute atomic E-state index is 13.9. The van der Waals surface area contributed by atoms with Crippen LogP contribution in [0.1, 0.15) is 72.9 Å². The van der Waals surface area contributed by atoms with Gasteiger partial charge in [0.05, 0.1) is 22.6 Å². The number of hydrogen-bond acceptors (Lipinski definition) is 9. The molecule has 2 fully saturated rings. The number of aromatic hydroxyl groups is 1. The molecule has 2 aromatic carbocycles. The first-order valence-corrected chi connectivity index (χ1v) is 22.2. The number of hydrogen-bond donors (Lipinski definition) is 2. The summed E-state index contributed by atoms with van der Waals surface area (Å²) in [5, 5.41) is 9.83. The number of phenolic OH excluding ortho intramolecular Hbond substituents is 1. The topological polar surface area (TPSA) is 157 Å². The number of allylic oxidation sites excluding steroid dienone is 2. The van der Waals surface area contributed by atoms with Crippen molar-refractivity contribution >= 4 is 49.3 Å². The van der Waals surface area contributed by atoms with Crippen LogP contribution < -0.4 is 14.4 Å². The molecule has 3 aliphatic heterocycles. The average molecular weight is 804 g/mol. The minimum absolute atomic E-state index is 0.0375. The Kier molecular flexibility index (Phi) is 11.0. The van der Waals surface area contributed by atoms with Gasteiger partial charge in [-0.3, -0.25) is 9.59 Å². The summed E-state index contributed by atoms with van der Waals surface area (Å²) in [7, 11) is -5.05. The van der Waals surface area contributed by atoms with Crippen LogP contribution in [0, 0.1) is 11.8 Å². The van der Waals surface area contributed by atoms with Crippen molar-refractivity contribution in [3.63, 3.8) is 0 Å². The lowest BCUT2D eigenvalue weighted by Gasteiger charge is -2.44. The molecule has 54 heavy (non-hydrogen) atoms. The molecule has 0 radical (unpaired) electrons. The van der Waals surface area contributed by atoms with Crippen LogP contribution in [0.15, 0.2) is 42.5 Å². The molecule has 4 atom stereocenters. The summed E-state index contributed by atoms with van der Waals surface area (Å²) in [5.41, 5.74) is 2.56. The van der Waals surface area contributed by atoms with Gasteiger partial charge < -0.3 is 19.6 Å². The molecular formula is C38H50ClN5O8S2. The Balaban J connectivity index is 1.15. The standard InChI is InChI=1S/C38H50ClN5O8S2/c1-41(2)54(50,51)44-17-15-42(16-18-44)36(46)21-30-9-5-3-4-7-26-10-11-29(26)23-43-24-38(14-6-8-27-19-32(39)34(45)22-31(27)38)25-52-35-13-12-28(20-33(35)43)37(47)40-53(30,48)49/h3-4,12-13,19-20,22,26,29-30,45H,5-11,14-18,21,23-25H2,1-2H3,(H,40,47)/b4-3+/t26-,29-,30-,38-/m0/s1. The highest BCUT2D eigenvalue weighted by Crippen LogP contribution is 2.48. The van der Waals surface area contributed by atoms with Gasteiger partial charge in [0.25, 0.3) is 16.1 Å². The largest absolute Gasteiger partial charge is 0.506 e. The lowest BCUT2D eigenvalue weighted by Crippen LogP contribution is -2.53. The molecular weight excluding hydrogens is 754 g/mol. The van der Waals surface area contributed by atoms with Gasteiger partial charge in [0, 0.05) is 70.8 Å². The summed E-state index contributed by atoms with van der Waals surface area (Å²) in [6.07, 6.45) is 9.96. The third kappa shape index (κ3) is 7.71. The second-order valence-electron chi connectivity index (χ2n) is 15.7. The van der Waals surface area contributed by atoms with E-state index in [9.17, 15) is 31.5 Å². The normalized spacial score (nSPS) is 28.2. The molecule has 16 heteroatoms. The van der Waals surface area contributed by atoms with Crippen LogP contribution in [0.5, 0.6) is 11.5 Å². The molecule has 3 heterocycles. The van der Waals surface area contributed by atoms with Crippen LogP contribution >= 0.6 is 11.6 Å². The Bertz CT molecular complexity index is 2040. The summed E-state index contributed by atoms with van der Waals surface area (Å²) in [5.74, 6) is 0.307. The minimum Gasteiger partial charge on any atom is -0.506 e. The van der Waals surface area contributed by atoms with Crippen molar-refractivity contribution in [2.45, 2.75) is 68.5 Å². The fourth-order valence-electron chi connectivity index (χ4n) is 8.78. The molecule has 2 aromatic rings. The van der Waals surface area contributed by atoms with Crippen molar-refractivity contribution in [1.82, 2.24) is 18.2 Å².